The summed E-state index contributed by atoms with van der Waals surface area (Å²) in [6, 6.07) is 10.2. The lowest BCUT2D eigenvalue weighted by atomic mass is 9.91. The fourth-order valence-electron chi connectivity index (χ4n) is 2.30. The zero-order valence-electron chi connectivity index (χ0n) is 11.2. The molecule has 1 aliphatic carbocycles. The maximum atomic E-state index is 4.41. The summed E-state index contributed by atoms with van der Waals surface area (Å²) < 4.78 is 0. The van der Waals surface area contributed by atoms with E-state index in [1.165, 1.54) is 0 Å². The molecule has 2 aromatic rings. The second kappa shape index (κ2) is 5.21. The van der Waals surface area contributed by atoms with Crippen molar-refractivity contribution < 1.29 is 0 Å². The summed E-state index contributed by atoms with van der Waals surface area (Å²) in [5.74, 6) is 0.753. The molecule has 0 aliphatic heterocycles. The fraction of sp³-hybridized carbons (Fsp3) is 0.118. The third-order valence-electron chi connectivity index (χ3n) is 3.47. The van der Waals surface area contributed by atoms with Gasteiger partial charge in [-0.25, -0.2) is 4.98 Å². The van der Waals surface area contributed by atoms with Crippen molar-refractivity contribution in [3.63, 3.8) is 0 Å². The number of imidazole rings is 1. The molecule has 0 saturated heterocycles. The second-order valence-corrected chi connectivity index (χ2v) is 4.87. The highest BCUT2D eigenvalue weighted by Crippen LogP contribution is 2.25. The van der Waals surface area contributed by atoms with Crippen molar-refractivity contribution in [1.82, 2.24) is 9.97 Å². The minimum Gasteiger partial charge on any atom is -0.343 e. The first-order valence-electron chi connectivity index (χ1n) is 6.68. The van der Waals surface area contributed by atoms with Crippen molar-refractivity contribution in [3.05, 3.63) is 73.5 Å². The van der Waals surface area contributed by atoms with Crippen LogP contribution < -0.4 is 5.32 Å². The predicted molar refractivity (Wildman–Crippen MR) is 83.5 cm³/mol. The highest BCUT2D eigenvalue weighted by atomic mass is 15.2. The van der Waals surface area contributed by atoms with E-state index >= 15 is 0 Å². The Balaban J connectivity index is 1.82. The van der Waals surface area contributed by atoms with Crippen LogP contribution in [0.5, 0.6) is 0 Å². The van der Waals surface area contributed by atoms with Crippen LogP contribution >= 0.6 is 0 Å². The Bertz CT molecular complexity index is 652. The molecule has 0 radical (unpaired) electrons. The van der Waals surface area contributed by atoms with Gasteiger partial charge < -0.3 is 10.3 Å². The fourth-order valence-corrected chi connectivity index (χ4v) is 2.30. The number of H-pyrrole nitrogens is 1. The molecule has 1 atom stereocenters. The molecule has 0 spiro atoms. The van der Waals surface area contributed by atoms with E-state index in [0.29, 0.717) is 0 Å². The SMILES string of the molecule is C=CC1(Nc2ncc(-c3ccccc3)[nH]2)C=CC=CC1. The summed E-state index contributed by atoms with van der Waals surface area (Å²) in [5.41, 5.74) is 1.86. The van der Waals surface area contributed by atoms with E-state index < -0.39 is 0 Å². The van der Waals surface area contributed by atoms with E-state index in [9.17, 15) is 0 Å². The number of aromatic amines is 1. The normalized spacial score (nSPS) is 20.8. The Labute approximate surface area is 118 Å². The summed E-state index contributed by atoms with van der Waals surface area (Å²) in [4.78, 5) is 7.72. The molecule has 1 aliphatic rings. The van der Waals surface area contributed by atoms with Gasteiger partial charge in [0.2, 0.25) is 5.95 Å². The average Bonchev–Trinajstić information content (AvgIpc) is 2.97. The molecule has 1 unspecified atom stereocenters. The summed E-state index contributed by atoms with van der Waals surface area (Å²) >= 11 is 0. The van der Waals surface area contributed by atoms with Gasteiger partial charge in [0, 0.05) is 0 Å². The first kappa shape index (κ1) is 12.5. The van der Waals surface area contributed by atoms with Crippen LogP contribution in [0.3, 0.4) is 0 Å². The van der Waals surface area contributed by atoms with Crippen LogP contribution in [0.2, 0.25) is 0 Å². The van der Waals surface area contributed by atoms with Crippen LogP contribution in [0.25, 0.3) is 11.3 Å². The topological polar surface area (TPSA) is 40.7 Å². The highest BCUT2D eigenvalue weighted by molar-refractivity contribution is 5.60. The van der Waals surface area contributed by atoms with Gasteiger partial charge in [-0.15, -0.1) is 6.58 Å². The van der Waals surface area contributed by atoms with Gasteiger partial charge >= 0.3 is 0 Å². The average molecular weight is 263 g/mol. The molecule has 0 fully saturated rings. The van der Waals surface area contributed by atoms with Crippen LogP contribution in [0.4, 0.5) is 5.95 Å². The number of hydrogen-bond acceptors (Lipinski definition) is 2. The van der Waals surface area contributed by atoms with E-state index in [2.05, 4.69) is 46.1 Å². The minimum atomic E-state index is -0.263. The molecule has 1 aromatic carbocycles. The Kier molecular flexibility index (Phi) is 3.25. The number of rotatable bonds is 4. The van der Waals surface area contributed by atoms with E-state index in [1.54, 1.807) is 0 Å². The van der Waals surface area contributed by atoms with Gasteiger partial charge in [-0.3, -0.25) is 0 Å². The van der Waals surface area contributed by atoms with Crippen molar-refractivity contribution >= 4 is 5.95 Å². The van der Waals surface area contributed by atoms with Gasteiger partial charge in [0.1, 0.15) is 0 Å². The predicted octanol–water partition coefficient (Wildman–Crippen LogP) is 3.93. The Morgan fingerprint density at radius 1 is 1.25 bits per heavy atom. The van der Waals surface area contributed by atoms with Crippen LogP contribution in [0.15, 0.2) is 73.5 Å². The molecule has 1 heterocycles. The number of allylic oxidation sites excluding steroid dienone is 2. The van der Waals surface area contributed by atoms with Crippen LogP contribution in [-0.2, 0) is 0 Å². The first-order chi connectivity index (χ1) is 9.81. The van der Waals surface area contributed by atoms with Crippen molar-refractivity contribution in [2.75, 3.05) is 5.32 Å². The third-order valence-corrected chi connectivity index (χ3v) is 3.47. The van der Waals surface area contributed by atoms with Crippen molar-refractivity contribution in [3.8, 4) is 11.3 Å². The zero-order chi connectivity index (χ0) is 13.8. The molecule has 2 N–H and O–H groups in total. The molecule has 1 aromatic heterocycles. The van der Waals surface area contributed by atoms with Crippen LogP contribution in [-0.4, -0.2) is 15.5 Å². The number of benzene rings is 1. The Morgan fingerprint density at radius 3 is 2.80 bits per heavy atom. The second-order valence-electron chi connectivity index (χ2n) is 4.87. The highest BCUT2D eigenvalue weighted by Gasteiger charge is 2.23. The lowest BCUT2D eigenvalue weighted by molar-refractivity contribution is 0.708. The number of nitrogens with zero attached hydrogens (tertiary/aromatic N) is 1. The Hall–Kier alpha value is -2.55. The van der Waals surface area contributed by atoms with Gasteiger partial charge in [-0.05, 0) is 12.0 Å². The van der Waals surface area contributed by atoms with Crippen LogP contribution in [0, 0.1) is 0 Å². The van der Waals surface area contributed by atoms with Crippen LogP contribution in [0.1, 0.15) is 6.42 Å². The standard InChI is InChI=1S/C17H17N3/c1-2-17(11-7-4-8-12-17)20-16-18-13-15(19-16)14-9-5-3-6-10-14/h2-11,13H,1,12H2,(H2,18,19,20). The monoisotopic (exact) mass is 263 g/mol. The quantitative estimate of drug-likeness (QED) is 0.821. The van der Waals surface area contributed by atoms with Crippen molar-refractivity contribution in [2.24, 2.45) is 0 Å². The van der Waals surface area contributed by atoms with E-state index in [4.69, 9.17) is 0 Å². The van der Waals surface area contributed by atoms with Crippen molar-refractivity contribution in [2.45, 2.75) is 12.0 Å². The van der Waals surface area contributed by atoms with Gasteiger partial charge in [-0.1, -0.05) is 60.7 Å². The first-order valence-corrected chi connectivity index (χ1v) is 6.68. The molecule has 100 valence electrons. The number of nitrogens with one attached hydrogen (secondary N) is 2. The lowest BCUT2D eigenvalue weighted by Gasteiger charge is -2.28. The summed E-state index contributed by atoms with van der Waals surface area (Å²) in [6.45, 7) is 3.93. The molecule has 3 heteroatoms. The molecular formula is C17H17N3. The molecule has 3 rings (SSSR count). The van der Waals surface area contributed by atoms with E-state index in [-0.39, 0.29) is 5.54 Å². The number of aromatic nitrogens is 2. The smallest absolute Gasteiger partial charge is 0.201 e. The largest absolute Gasteiger partial charge is 0.343 e. The van der Waals surface area contributed by atoms with E-state index in [0.717, 1.165) is 23.6 Å². The van der Waals surface area contributed by atoms with Crippen molar-refractivity contribution in [1.29, 1.82) is 0 Å². The number of anilines is 1. The third kappa shape index (κ3) is 2.43. The maximum Gasteiger partial charge on any atom is 0.201 e. The molecule has 0 saturated carbocycles. The van der Waals surface area contributed by atoms with E-state index in [1.807, 2.05) is 42.6 Å². The number of hydrogen-bond donors (Lipinski definition) is 2. The molecule has 0 amide bonds. The minimum absolute atomic E-state index is 0.263. The van der Waals surface area contributed by atoms with Gasteiger partial charge in [-0.2, -0.15) is 0 Å². The summed E-state index contributed by atoms with van der Waals surface area (Å²) in [6.07, 6.45) is 12.9. The zero-order valence-corrected chi connectivity index (χ0v) is 11.2. The van der Waals surface area contributed by atoms with Gasteiger partial charge in [0.15, 0.2) is 0 Å². The molecule has 0 bridgehead atoms. The summed E-state index contributed by atoms with van der Waals surface area (Å²) in [5, 5.41) is 3.41. The van der Waals surface area contributed by atoms with Gasteiger partial charge in [0.05, 0.1) is 17.4 Å². The molecule has 20 heavy (non-hydrogen) atoms. The van der Waals surface area contributed by atoms with Gasteiger partial charge in [0.25, 0.3) is 0 Å². The molecular weight excluding hydrogens is 246 g/mol. The molecule has 3 nitrogen and oxygen atoms in total. The summed E-state index contributed by atoms with van der Waals surface area (Å²) in [7, 11) is 0. The maximum absolute atomic E-state index is 4.41. The Morgan fingerprint density at radius 2 is 2.10 bits per heavy atom. The lowest BCUT2D eigenvalue weighted by Crippen LogP contribution is -2.34.